The first-order valence-electron chi connectivity index (χ1n) is 9.56. The molecule has 1 heterocycles. The molecular weight excluding hydrogens is 359 g/mol. The molecule has 1 N–H and O–H groups in total. The lowest BCUT2D eigenvalue weighted by molar-refractivity contribution is -0.145. The standard InChI is InChI=1S/C22H25FN2O3/c23-19-11-5-4-10-18(19)15-25(14-17-8-2-1-3-9-17)21(27)16-24-13-7-6-12-20(26)22(24)28/h1-5,8-11,20,26H,6-7,12-16H2. The van der Waals surface area contributed by atoms with Crippen LogP contribution in [0.5, 0.6) is 0 Å². The van der Waals surface area contributed by atoms with Crippen molar-refractivity contribution in [1.82, 2.24) is 9.80 Å². The van der Waals surface area contributed by atoms with Gasteiger partial charge in [-0.05, 0) is 30.9 Å². The van der Waals surface area contributed by atoms with Crippen LogP contribution in [0.25, 0.3) is 0 Å². The van der Waals surface area contributed by atoms with Crippen LogP contribution in [0.3, 0.4) is 0 Å². The van der Waals surface area contributed by atoms with Crippen molar-refractivity contribution in [2.24, 2.45) is 0 Å². The third-order valence-corrected chi connectivity index (χ3v) is 4.97. The summed E-state index contributed by atoms with van der Waals surface area (Å²) in [7, 11) is 0. The summed E-state index contributed by atoms with van der Waals surface area (Å²) in [5.74, 6) is -1.04. The Kier molecular flexibility index (Phi) is 6.76. The Morgan fingerprint density at radius 2 is 1.79 bits per heavy atom. The molecule has 2 amide bonds. The van der Waals surface area contributed by atoms with Crippen LogP contribution >= 0.6 is 0 Å². The highest BCUT2D eigenvalue weighted by atomic mass is 19.1. The molecule has 1 aliphatic heterocycles. The Morgan fingerprint density at radius 1 is 1.07 bits per heavy atom. The lowest BCUT2D eigenvalue weighted by atomic mass is 10.1. The van der Waals surface area contributed by atoms with Gasteiger partial charge in [0.25, 0.3) is 5.91 Å². The average Bonchev–Trinajstić information content (AvgIpc) is 2.85. The lowest BCUT2D eigenvalue weighted by Gasteiger charge is -2.28. The van der Waals surface area contributed by atoms with E-state index in [1.807, 2.05) is 30.3 Å². The number of hydrogen-bond acceptors (Lipinski definition) is 3. The molecule has 2 aromatic rings. The Bertz CT molecular complexity index is 812. The molecule has 0 aliphatic carbocycles. The van der Waals surface area contributed by atoms with Crippen LogP contribution in [0.2, 0.25) is 0 Å². The van der Waals surface area contributed by atoms with Crippen LogP contribution in [0.4, 0.5) is 4.39 Å². The first-order valence-corrected chi connectivity index (χ1v) is 9.56. The predicted molar refractivity (Wildman–Crippen MR) is 104 cm³/mol. The molecule has 0 radical (unpaired) electrons. The number of aliphatic hydroxyl groups excluding tert-OH is 1. The van der Waals surface area contributed by atoms with E-state index >= 15 is 0 Å². The normalized spacial score (nSPS) is 17.3. The zero-order valence-corrected chi connectivity index (χ0v) is 15.8. The van der Waals surface area contributed by atoms with Crippen molar-refractivity contribution in [2.75, 3.05) is 13.1 Å². The SMILES string of the molecule is O=C(CN1CCCCC(O)C1=O)N(Cc1ccccc1)Cc1ccccc1F. The molecule has 148 valence electrons. The molecule has 1 saturated heterocycles. The second-order valence-corrected chi connectivity index (χ2v) is 7.10. The number of likely N-dealkylation sites (tertiary alicyclic amines) is 1. The number of hydrogen-bond donors (Lipinski definition) is 1. The Morgan fingerprint density at radius 3 is 2.54 bits per heavy atom. The fraction of sp³-hybridized carbons (Fsp3) is 0.364. The summed E-state index contributed by atoms with van der Waals surface area (Å²) >= 11 is 0. The maximum atomic E-state index is 14.1. The van der Waals surface area contributed by atoms with Crippen LogP contribution in [-0.4, -0.2) is 45.9 Å². The molecular formula is C22H25FN2O3. The minimum atomic E-state index is -1.05. The maximum absolute atomic E-state index is 14.1. The van der Waals surface area contributed by atoms with Crippen molar-refractivity contribution in [3.05, 3.63) is 71.5 Å². The van der Waals surface area contributed by atoms with Crippen molar-refractivity contribution in [1.29, 1.82) is 0 Å². The number of halogens is 1. The largest absolute Gasteiger partial charge is 0.383 e. The minimum Gasteiger partial charge on any atom is -0.383 e. The van der Waals surface area contributed by atoms with Gasteiger partial charge in [0.1, 0.15) is 11.9 Å². The Hall–Kier alpha value is -2.73. The van der Waals surface area contributed by atoms with E-state index in [1.54, 1.807) is 23.1 Å². The summed E-state index contributed by atoms with van der Waals surface area (Å²) < 4.78 is 14.1. The van der Waals surface area contributed by atoms with Crippen molar-refractivity contribution in [2.45, 2.75) is 38.5 Å². The number of aliphatic hydroxyl groups is 1. The fourth-order valence-corrected chi connectivity index (χ4v) is 3.37. The Labute approximate surface area is 164 Å². The molecule has 0 saturated carbocycles. The summed E-state index contributed by atoms with van der Waals surface area (Å²) in [6.45, 7) is 0.765. The van der Waals surface area contributed by atoms with Gasteiger partial charge in [0.2, 0.25) is 5.91 Å². The molecule has 5 nitrogen and oxygen atoms in total. The van der Waals surface area contributed by atoms with Crippen LogP contribution in [0.1, 0.15) is 30.4 Å². The van der Waals surface area contributed by atoms with Crippen LogP contribution < -0.4 is 0 Å². The van der Waals surface area contributed by atoms with Gasteiger partial charge in [-0.1, -0.05) is 48.5 Å². The topological polar surface area (TPSA) is 60.9 Å². The van der Waals surface area contributed by atoms with Crippen molar-refractivity contribution >= 4 is 11.8 Å². The van der Waals surface area contributed by atoms with Gasteiger partial charge in [0, 0.05) is 25.2 Å². The van der Waals surface area contributed by atoms with Gasteiger partial charge in [0.05, 0.1) is 6.54 Å². The number of rotatable bonds is 6. The minimum absolute atomic E-state index is 0.114. The number of carbonyl (C=O) groups excluding carboxylic acids is 2. The molecule has 0 spiro atoms. The molecule has 1 aliphatic rings. The van der Waals surface area contributed by atoms with E-state index in [0.29, 0.717) is 25.1 Å². The summed E-state index contributed by atoms with van der Waals surface area (Å²) in [5, 5.41) is 9.92. The van der Waals surface area contributed by atoms with Crippen LogP contribution in [-0.2, 0) is 22.7 Å². The first-order chi connectivity index (χ1) is 13.5. The van der Waals surface area contributed by atoms with E-state index in [-0.39, 0.29) is 24.8 Å². The molecule has 0 bridgehead atoms. The number of amides is 2. The first kappa shape index (κ1) is 20.0. The fourth-order valence-electron chi connectivity index (χ4n) is 3.37. The second kappa shape index (κ2) is 9.46. The molecule has 0 aromatic heterocycles. The van der Waals surface area contributed by atoms with Crippen molar-refractivity contribution < 1.29 is 19.1 Å². The Balaban J connectivity index is 1.77. The van der Waals surface area contributed by atoms with E-state index in [1.165, 1.54) is 11.0 Å². The number of carbonyl (C=O) groups is 2. The molecule has 1 unspecified atom stereocenters. The molecule has 3 rings (SSSR count). The van der Waals surface area contributed by atoms with Gasteiger partial charge in [-0.3, -0.25) is 9.59 Å². The predicted octanol–water partition coefficient (Wildman–Crippen LogP) is 2.73. The average molecular weight is 384 g/mol. The molecule has 6 heteroatoms. The van der Waals surface area contributed by atoms with Gasteiger partial charge in [-0.25, -0.2) is 4.39 Å². The summed E-state index contributed by atoms with van der Waals surface area (Å²) in [5.41, 5.74) is 1.35. The van der Waals surface area contributed by atoms with Crippen molar-refractivity contribution in [3.8, 4) is 0 Å². The van der Waals surface area contributed by atoms with E-state index in [2.05, 4.69) is 0 Å². The zero-order chi connectivity index (χ0) is 19.9. The van der Waals surface area contributed by atoms with Gasteiger partial charge in [0.15, 0.2) is 0 Å². The summed E-state index contributed by atoms with van der Waals surface area (Å²) in [6.07, 6.45) is 0.874. The van der Waals surface area contributed by atoms with E-state index < -0.39 is 12.0 Å². The smallest absolute Gasteiger partial charge is 0.251 e. The highest BCUT2D eigenvalue weighted by molar-refractivity contribution is 5.87. The van der Waals surface area contributed by atoms with Gasteiger partial charge in [-0.2, -0.15) is 0 Å². The maximum Gasteiger partial charge on any atom is 0.251 e. The van der Waals surface area contributed by atoms with E-state index in [0.717, 1.165) is 18.4 Å². The number of benzene rings is 2. The molecule has 2 aromatic carbocycles. The quantitative estimate of drug-likeness (QED) is 0.833. The zero-order valence-electron chi connectivity index (χ0n) is 15.8. The van der Waals surface area contributed by atoms with Crippen LogP contribution in [0.15, 0.2) is 54.6 Å². The van der Waals surface area contributed by atoms with E-state index in [9.17, 15) is 19.1 Å². The molecule has 1 fully saturated rings. The van der Waals surface area contributed by atoms with Gasteiger partial charge < -0.3 is 14.9 Å². The third kappa shape index (κ3) is 5.16. The highest BCUT2D eigenvalue weighted by Gasteiger charge is 2.28. The van der Waals surface area contributed by atoms with Crippen molar-refractivity contribution in [3.63, 3.8) is 0 Å². The molecule has 1 atom stereocenters. The second-order valence-electron chi connectivity index (χ2n) is 7.10. The van der Waals surface area contributed by atoms with Crippen LogP contribution in [0, 0.1) is 5.82 Å². The molecule has 28 heavy (non-hydrogen) atoms. The van der Waals surface area contributed by atoms with E-state index in [4.69, 9.17) is 0 Å². The summed E-state index contributed by atoms with van der Waals surface area (Å²) in [6, 6.07) is 15.8. The van der Waals surface area contributed by atoms with Gasteiger partial charge in [-0.15, -0.1) is 0 Å². The summed E-state index contributed by atoms with van der Waals surface area (Å²) in [4.78, 5) is 28.3. The number of nitrogens with zero attached hydrogens (tertiary/aromatic N) is 2. The van der Waals surface area contributed by atoms with Gasteiger partial charge >= 0.3 is 0 Å². The highest BCUT2D eigenvalue weighted by Crippen LogP contribution is 2.16. The third-order valence-electron chi connectivity index (χ3n) is 4.97. The lowest BCUT2D eigenvalue weighted by Crippen LogP contribution is -2.45. The monoisotopic (exact) mass is 384 g/mol.